The lowest BCUT2D eigenvalue weighted by Crippen LogP contribution is -2.09. The van der Waals surface area contributed by atoms with Crippen LogP contribution in [-0.4, -0.2) is 25.9 Å². The van der Waals surface area contributed by atoms with Gasteiger partial charge in [0.15, 0.2) is 0 Å². The van der Waals surface area contributed by atoms with Gasteiger partial charge in [0.25, 0.3) is 5.88 Å². The van der Waals surface area contributed by atoms with Crippen molar-refractivity contribution < 1.29 is 9.26 Å². The number of likely N-dealkylation sites (N-methyl/N-ethyl adjacent to an activating group) is 1. The molecule has 1 aromatic rings. The first-order chi connectivity index (χ1) is 5.36. The summed E-state index contributed by atoms with van der Waals surface area (Å²) in [5.41, 5.74) is 0. The summed E-state index contributed by atoms with van der Waals surface area (Å²) in [5.74, 6) is 1.38. The molecule has 0 aliphatic carbocycles. The Balaban J connectivity index is 2.44. The molecule has 0 saturated heterocycles. The molecule has 0 spiro atoms. The molecule has 0 atom stereocenters. The van der Waals surface area contributed by atoms with Crippen LogP contribution in [0, 0.1) is 0 Å². The maximum atomic E-state index is 4.94. The predicted octanol–water partition coefficient (Wildman–Crippen LogP) is 0.445. The molecule has 1 heterocycles. The lowest BCUT2D eigenvalue weighted by molar-refractivity contribution is 0.326. The van der Waals surface area contributed by atoms with E-state index in [4.69, 9.17) is 9.26 Å². The minimum atomic E-state index is 0.538. The zero-order valence-corrected chi connectivity index (χ0v) is 6.76. The molecule has 0 aromatic carbocycles. The highest BCUT2D eigenvalue weighted by atomic mass is 16.5. The number of nitrogens with zero attached hydrogens (tertiary/aromatic N) is 1. The van der Waals surface area contributed by atoms with Crippen molar-refractivity contribution >= 4 is 0 Å². The first kappa shape index (κ1) is 8.07. The van der Waals surface area contributed by atoms with E-state index in [1.807, 2.05) is 7.05 Å². The van der Waals surface area contributed by atoms with Crippen LogP contribution in [0.2, 0.25) is 0 Å². The maximum absolute atomic E-state index is 4.94. The predicted molar refractivity (Wildman–Crippen MR) is 40.7 cm³/mol. The van der Waals surface area contributed by atoms with E-state index in [1.165, 1.54) is 0 Å². The molecule has 0 radical (unpaired) electrons. The number of aromatic nitrogens is 1. The second-order valence-electron chi connectivity index (χ2n) is 2.19. The molecule has 0 amide bonds. The van der Waals surface area contributed by atoms with E-state index in [1.54, 1.807) is 13.2 Å². The average Bonchev–Trinajstić information content (AvgIpc) is 2.48. The van der Waals surface area contributed by atoms with Crippen molar-refractivity contribution in [3.63, 3.8) is 0 Å². The van der Waals surface area contributed by atoms with Gasteiger partial charge in [-0.1, -0.05) is 0 Å². The van der Waals surface area contributed by atoms with Crippen molar-refractivity contribution in [3.8, 4) is 5.88 Å². The molecule has 11 heavy (non-hydrogen) atoms. The smallest absolute Gasteiger partial charge is 0.254 e. The Morgan fingerprint density at radius 1 is 1.73 bits per heavy atom. The van der Waals surface area contributed by atoms with Gasteiger partial charge < -0.3 is 14.6 Å². The number of ether oxygens (including phenoxy) is 1. The Hall–Kier alpha value is -1.03. The highest BCUT2D eigenvalue weighted by molar-refractivity contribution is 5.10. The summed E-state index contributed by atoms with van der Waals surface area (Å²) >= 11 is 0. The van der Waals surface area contributed by atoms with E-state index >= 15 is 0 Å². The van der Waals surface area contributed by atoms with Crippen LogP contribution in [0.25, 0.3) is 0 Å². The molecule has 4 nitrogen and oxygen atoms in total. The molecule has 1 aromatic heterocycles. The average molecular weight is 156 g/mol. The molecule has 1 rings (SSSR count). The zero-order valence-electron chi connectivity index (χ0n) is 6.76. The highest BCUT2D eigenvalue weighted by Gasteiger charge is 2.01. The molecule has 0 unspecified atom stereocenters. The van der Waals surface area contributed by atoms with Gasteiger partial charge in [0, 0.05) is 19.0 Å². The second-order valence-corrected chi connectivity index (χ2v) is 2.19. The Kier molecular flexibility index (Phi) is 2.92. The monoisotopic (exact) mass is 156 g/mol. The van der Waals surface area contributed by atoms with E-state index in [9.17, 15) is 0 Å². The molecule has 4 heteroatoms. The SMILES string of the molecule is CNCCc1cc(OC)no1. The van der Waals surface area contributed by atoms with Gasteiger partial charge in [-0.3, -0.25) is 0 Å². The van der Waals surface area contributed by atoms with E-state index in [0.717, 1.165) is 18.7 Å². The van der Waals surface area contributed by atoms with Gasteiger partial charge in [0.2, 0.25) is 0 Å². The molecule has 0 fully saturated rings. The van der Waals surface area contributed by atoms with E-state index in [2.05, 4.69) is 10.5 Å². The maximum Gasteiger partial charge on any atom is 0.254 e. The number of nitrogens with one attached hydrogen (secondary N) is 1. The lowest BCUT2D eigenvalue weighted by atomic mass is 10.3. The molecule has 62 valence electrons. The summed E-state index contributed by atoms with van der Waals surface area (Å²) < 4.78 is 9.79. The molecular weight excluding hydrogens is 144 g/mol. The molecule has 0 saturated carbocycles. The Morgan fingerprint density at radius 3 is 3.09 bits per heavy atom. The Bertz CT molecular complexity index is 210. The van der Waals surface area contributed by atoms with E-state index in [-0.39, 0.29) is 0 Å². The molecule has 0 aliphatic rings. The number of methoxy groups -OCH3 is 1. The Morgan fingerprint density at radius 2 is 2.55 bits per heavy atom. The van der Waals surface area contributed by atoms with Gasteiger partial charge in [0.05, 0.1) is 7.11 Å². The first-order valence-electron chi connectivity index (χ1n) is 3.51. The minimum absolute atomic E-state index is 0.538. The largest absolute Gasteiger partial charge is 0.479 e. The first-order valence-corrected chi connectivity index (χ1v) is 3.51. The van der Waals surface area contributed by atoms with Crippen molar-refractivity contribution in [2.24, 2.45) is 0 Å². The molecule has 0 aliphatic heterocycles. The van der Waals surface area contributed by atoms with Crippen LogP contribution in [0.5, 0.6) is 5.88 Å². The summed E-state index contributed by atoms with van der Waals surface area (Å²) in [5, 5.41) is 6.68. The van der Waals surface area contributed by atoms with Crippen molar-refractivity contribution in [2.75, 3.05) is 20.7 Å². The fourth-order valence-corrected chi connectivity index (χ4v) is 0.756. The van der Waals surface area contributed by atoms with Crippen LogP contribution in [-0.2, 0) is 6.42 Å². The van der Waals surface area contributed by atoms with Crippen molar-refractivity contribution in [1.29, 1.82) is 0 Å². The normalized spacial score (nSPS) is 10.0. The summed E-state index contributed by atoms with van der Waals surface area (Å²) in [7, 11) is 3.47. The van der Waals surface area contributed by atoms with Crippen molar-refractivity contribution in [3.05, 3.63) is 11.8 Å². The van der Waals surface area contributed by atoms with E-state index < -0.39 is 0 Å². The van der Waals surface area contributed by atoms with Crippen molar-refractivity contribution in [2.45, 2.75) is 6.42 Å². The van der Waals surface area contributed by atoms with Crippen LogP contribution in [0.15, 0.2) is 10.6 Å². The second kappa shape index (κ2) is 3.98. The highest BCUT2D eigenvalue weighted by Crippen LogP contribution is 2.09. The third-order valence-electron chi connectivity index (χ3n) is 1.37. The third-order valence-corrected chi connectivity index (χ3v) is 1.37. The van der Waals surface area contributed by atoms with Gasteiger partial charge in [-0.15, -0.1) is 0 Å². The van der Waals surface area contributed by atoms with E-state index in [0.29, 0.717) is 5.88 Å². The lowest BCUT2D eigenvalue weighted by Gasteiger charge is -1.91. The van der Waals surface area contributed by atoms with Gasteiger partial charge in [0.1, 0.15) is 5.76 Å². The fraction of sp³-hybridized carbons (Fsp3) is 0.571. The summed E-state index contributed by atoms with van der Waals surface area (Å²) in [4.78, 5) is 0. The van der Waals surface area contributed by atoms with Crippen molar-refractivity contribution in [1.82, 2.24) is 10.5 Å². The van der Waals surface area contributed by atoms with Crippen LogP contribution in [0.1, 0.15) is 5.76 Å². The summed E-state index contributed by atoms with van der Waals surface area (Å²) in [6.07, 6.45) is 0.840. The fourth-order valence-electron chi connectivity index (χ4n) is 0.756. The van der Waals surface area contributed by atoms with Crippen LogP contribution < -0.4 is 10.1 Å². The van der Waals surface area contributed by atoms with Gasteiger partial charge in [-0.2, -0.15) is 0 Å². The topological polar surface area (TPSA) is 47.3 Å². The number of hydrogen-bond acceptors (Lipinski definition) is 4. The molecule has 0 bridgehead atoms. The molecule has 1 N–H and O–H groups in total. The summed E-state index contributed by atoms with van der Waals surface area (Å²) in [6, 6.07) is 1.79. The standard InChI is InChI=1S/C7H12N2O2/c1-8-4-3-6-5-7(10-2)9-11-6/h5,8H,3-4H2,1-2H3. The van der Waals surface area contributed by atoms with Crippen LogP contribution in [0.3, 0.4) is 0 Å². The van der Waals surface area contributed by atoms with Gasteiger partial charge in [-0.05, 0) is 12.2 Å². The van der Waals surface area contributed by atoms with Crippen LogP contribution in [0.4, 0.5) is 0 Å². The van der Waals surface area contributed by atoms with Crippen LogP contribution >= 0.6 is 0 Å². The third kappa shape index (κ3) is 2.23. The number of rotatable bonds is 4. The Labute approximate surface area is 65.5 Å². The molecular formula is C7H12N2O2. The summed E-state index contributed by atoms with van der Waals surface area (Å²) in [6.45, 7) is 0.887. The zero-order chi connectivity index (χ0) is 8.10. The number of hydrogen-bond donors (Lipinski definition) is 1. The van der Waals surface area contributed by atoms with Gasteiger partial charge in [-0.25, -0.2) is 0 Å². The van der Waals surface area contributed by atoms with Gasteiger partial charge >= 0.3 is 0 Å². The quantitative estimate of drug-likeness (QED) is 0.687. The minimum Gasteiger partial charge on any atom is -0.479 e.